The van der Waals surface area contributed by atoms with E-state index in [-0.39, 0.29) is 23.5 Å². The number of carbonyl (C=O) groups excluding carboxylic acids is 2. The van der Waals surface area contributed by atoms with Crippen molar-refractivity contribution < 1.29 is 14.3 Å². The van der Waals surface area contributed by atoms with Crippen molar-refractivity contribution in [2.24, 2.45) is 11.8 Å². The zero-order valence-electron chi connectivity index (χ0n) is 10.9. The molecule has 1 saturated carbocycles. The quantitative estimate of drug-likeness (QED) is 0.864. The van der Waals surface area contributed by atoms with E-state index in [1.807, 2.05) is 13.0 Å². The minimum absolute atomic E-state index is 0.0628. The molecule has 20 heavy (non-hydrogen) atoms. The van der Waals surface area contributed by atoms with Crippen LogP contribution >= 0.6 is 11.6 Å². The van der Waals surface area contributed by atoms with Gasteiger partial charge in [-0.15, -0.1) is 0 Å². The van der Waals surface area contributed by atoms with E-state index in [4.69, 9.17) is 21.6 Å². The molecule has 0 saturated heterocycles. The van der Waals surface area contributed by atoms with Crippen molar-refractivity contribution in [3.05, 3.63) is 28.8 Å². The van der Waals surface area contributed by atoms with Crippen molar-refractivity contribution in [1.29, 1.82) is 5.26 Å². The first-order valence-corrected chi connectivity index (χ1v) is 6.55. The molecular formula is C14H13ClN2O3. The van der Waals surface area contributed by atoms with E-state index in [1.165, 1.54) is 12.1 Å². The molecule has 1 aromatic carbocycles. The predicted octanol–water partition coefficient (Wildman–Crippen LogP) is 2.35. The molecule has 0 radical (unpaired) electrons. The van der Waals surface area contributed by atoms with Crippen molar-refractivity contribution in [1.82, 2.24) is 0 Å². The Hall–Kier alpha value is -2.06. The smallest absolute Gasteiger partial charge is 0.309 e. The van der Waals surface area contributed by atoms with Crippen LogP contribution in [0, 0.1) is 23.2 Å². The number of nitriles is 1. The average Bonchev–Trinajstić information content (AvgIpc) is 3.13. The second kappa shape index (κ2) is 5.93. The van der Waals surface area contributed by atoms with Crippen molar-refractivity contribution in [3.8, 4) is 6.07 Å². The molecule has 0 aliphatic heterocycles. The summed E-state index contributed by atoms with van der Waals surface area (Å²) < 4.78 is 4.91. The zero-order chi connectivity index (χ0) is 14.7. The second-order valence-electron chi connectivity index (χ2n) is 4.78. The number of benzene rings is 1. The molecule has 1 aliphatic rings. The number of hydrogen-bond donors (Lipinski definition) is 1. The van der Waals surface area contributed by atoms with E-state index >= 15 is 0 Å². The SMILES string of the molecule is C[C@H]1C[C@H]1C(=O)OCC(=O)Nc1ccc(C#N)c(Cl)c1. The highest BCUT2D eigenvalue weighted by atomic mass is 35.5. The van der Waals surface area contributed by atoms with E-state index in [0.29, 0.717) is 17.2 Å². The molecule has 1 aliphatic carbocycles. The van der Waals surface area contributed by atoms with Crippen molar-refractivity contribution in [3.63, 3.8) is 0 Å². The van der Waals surface area contributed by atoms with Crippen LogP contribution in [0.5, 0.6) is 0 Å². The highest BCUT2D eigenvalue weighted by molar-refractivity contribution is 6.32. The molecule has 104 valence electrons. The van der Waals surface area contributed by atoms with Crippen molar-refractivity contribution >= 4 is 29.2 Å². The van der Waals surface area contributed by atoms with Gasteiger partial charge in [0.05, 0.1) is 16.5 Å². The summed E-state index contributed by atoms with van der Waals surface area (Å²) in [4.78, 5) is 23.1. The summed E-state index contributed by atoms with van der Waals surface area (Å²) in [7, 11) is 0. The molecular weight excluding hydrogens is 280 g/mol. The van der Waals surface area contributed by atoms with Gasteiger partial charge in [-0.25, -0.2) is 0 Å². The van der Waals surface area contributed by atoms with Gasteiger partial charge in [-0.05, 0) is 30.5 Å². The second-order valence-corrected chi connectivity index (χ2v) is 5.19. The molecule has 2 atom stereocenters. The summed E-state index contributed by atoms with van der Waals surface area (Å²) in [5.41, 5.74) is 0.786. The summed E-state index contributed by atoms with van der Waals surface area (Å²) in [6.45, 7) is 1.64. The van der Waals surface area contributed by atoms with Crippen LogP contribution in [0.2, 0.25) is 5.02 Å². The molecule has 1 amide bonds. The van der Waals surface area contributed by atoms with E-state index in [2.05, 4.69) is 5.32 Å². The number of rotatable bonds is 4. The molecule has 0 unspecified atom stereocenters. The maximum atomic E-state index is 11.6. The number of ether oxygens (including phenoxy) is 1. The lowest BCUT2D eigenvalue weighted by Crippen LogP contribution is -2.21. The molecule has 5 nitrogen and oxygen atoms in total. The van der Waals surface area contributed by atoms with Gasteiger partial charge in [-0.2, -0.15) is 5.26 Å². The van der Waals surface area contributed by atoms with Gasteiger partial charge in [0.15, 0.2) is 6.61 Å². The van der Waals surface area contributed by atoms with Gasteiger partial charge < -0.3 is 10.1 Å². The van der Waals surface area contributed by atoms with Crippen LogP contribution in [-0.2, 0) is 14.3 Å². The van der Waals surface area contributed by atoms with Crippen molar-refractivity contribution in [2.75, 3.05) is 11.9 Å². The van der Waals surface area contributed by atoms with Crippen LogP contribution < -0.4 is 5.32 Å². The molecule has 0 spiro atoms. The van der Waals surface area contributed by atoms with Gasteiger partial charge in [-0.3, -0.25) is 9.59 Å². The highest BCUT2D eigenvalue weighted by Gasteiger charge is 2.40. The third-order valence-corrected chi connectivity index (χ3v) is 3.44. The molecule has 0 bridgehead atoms. The molecule has 6 heteroatoms. The number of hydrogen-bond acceptors (Lipinski definition) is 4. The standard InChI is InChI=1S/C14H13ClN2O3/c1-8-4-11(8)14(19)20-7-13(18)17-10-3-2-9(6-16)12(15)5-10/h2-3,5,8,11H,4,7H2,1H3,(H,17,18)/t8-,11+/m0/s1. The first-order chi connectivity index (χ1) is 9.51. The molecule has 0 aromatic heterocycles. The summed E-state index contributed by atoms with van der Waals surface area (Å²) in [6, 6.07) is 6.47. The predicted molar refractivity (Wildman–Crippen MR) is 73.0 cm³/mol. The fraction of sp³-hybridized carbons (Fsp3) is 0.357. The van der Waals surface area contributed by atoms with Crippen LogP contribution in [0.3, 0.4) is 0 Å². The average molecular weight is 293 g/mol. The fourth-order valence-corrected chi connectivity index (χ4v) is 2.00. The lowest BCUT2D eigenvalue weighted by atomic mass is 10.2. The maximum Gasteiger partial charge on any atom is 0.309 e. The number of nitrogens with zero attached hydrogens (tertiary/aromatic N) is 1. The summed E-state index contributed by atoms with van der Waals surface area (Å²) in [5.74, 6) is -0.479. The number of amides is 1. The Bertz CT molecular complexity index is 595. The number of anilines is 1. The Balaban J connectivity index is 1.84. The molecule has 2 rings (SSSR count). The summed E-state index contributed by atoms with van der Waals surface area (Å²) in [5, 5.41) is 11.5. The van der Waals surface area contributed by atoms with Crippen LogP contribution in [-0.4, -0.2) is 18.5 Å². The van der Waals surface area contributed by atoms with Gasteiger partial charge in [0.25, 0.3) is 5.91 Å². The van der Waals surface area contributed by atoms with E-state index in [9.17, 15) is 9.59 Å². The van der Waals surface area contributed by atoms with Crippen LogP contribution in [0.1, 0.15) is 18.9 Å². The molecule has 0 heterocycles. The van der Waals surface area contributed by atoms with Crippen LogP contribution in [0.25, 0.3) is 0 Å². The number of esters is 1. The molecule has 1 N–H and O–H groups in total. The third kappa shape index (κ3) is 3.49. The van der Waals surface area contributed by atoms with E-state index in [1.54, 1.807) is 6.07 Å². The summed E-state index contributed by atoms with van der Waals surface area (Å²) >= 11 is 5.85. The van der Waals surface area contributed by atoms with Gasteiger partial charge >= 0.3 is 5.97 Å². The van der Waals surface area contributed by atoms with Gasteiger partial charge in [0, 0.05) is 5.69 Å². The molecule has 1 aromatic rings. The summed E-state index contributed by atoms with van der Waals surface area (Å²) in [6.07, 6.45) is 0.825. The third-order valence-electron chi connectivity index (χ3n) is 3.13. The first kappa shape index (κ1) is 14.4. The zero-order valence-corrected chi connectivity index (χ0v) is 11.6. The van der Waals surface area contributed by atoms with Gasteiger partial charge in [0.2, 0.25) is 0 Å². The maximum absolute atomic E-state index is 11.6. The molecule has 1 fully saturated rings. The lowest BCUT2D eigenvalue weighted by molar-refractivity contribution is -0.148. The van der Waals surface area contributed by atoms with Crippen LogP contribution in [0.15, 0.2) is 18.2 Å². The number of nitrogens with one attached hydrogen (secondary N) is 1. The van der Waals surface area contributed by atoms with Crippen LogP contribution in [0.4, 0.5) is 5.69 Å². The minimum Gasteiger partial charge on any atom is -0.455 e. The fourth-order valence-electron chi connectivity index (χ4n) is 1.77. The normalized spacial score (nSPS) is 19.9. The Kier molecular flexibility index (Phi) is 4.26. The van der Waals surface area contributed by atoms with Crippen molar-refractivity contribution in [2.45, 2.75) is 13.3 Å². The van der Waals surface area contributed by atoms with Gasteiger partial charge in [-0.1, -0.05) is 18.5 Å². The van der Waals surface area contributed by atoms with E-state index < -0.39 is 5.91 Å². The van der Waals surface area contributed by atoms with Gasteiger partial charge in [0.1, 0.15) is 6.07 Å². The topological polar surface area (TPSA) is 79.2 Å². The first-order valence-electron chi connectivity index (χ1n) is 6.17. The Morgan fingerprint density at radius 2 is 2.25 bits per heavy atom. The Morgan fingerprint density at radius 1 is 1.55 bits per heavy atom. The van der Waals surface area contributed by atoms with E-state index in [0.717, 1.165) is 6.42 Å². The lowest BCUT2D eigenvalue weighted by Gasteiger charge is -2.07. The monoisotopic (exact) mass is 292 g/mol. The minimum atomic E-state index is -0.438. The number of carbonyl (C=O) groups is 2. The Morgan fingerprint density at radius 3 is 2.80 bits per heavy atom. The Labute approximate surface area is 121 Å². The highest BCUT2D eigenvalue weighted by Crippen LogP contribution is 2.38. The largest absolute Gasteiger partial charge is 0.455 e. The number of halogens is 1.